The Kier molecular flexibility index (Phi) is 1.36. The van der Waals surface area contributed by atoms with E-state index >= 15 is 0 Å². The molecule has 0 bridgehead atoms. The number of anilines is 1. The molecule has 0 saturated carbocycles. The first kappa shape index (κ1) is 6.90. The van der Waals surface area contributed by atoms with E-state index in [0.29, 0.717) is 11.0 Å². The van der Waals surface area contributed by atoms with Gasteiger partial charge in [-0.1, -0.05) is 0 Å². The predicted molar refractivity (Wildman–Crippen MR) is 41.7 cm³/mol. The molecule has 4 nitrogen and oxygen atoms in total. The second-order valence-electron chi connectivity index (χ2n) is 2.30. The van der Waals surface area contributed by atoms with E-state index in [-0.39, 0.29) is 11.8 Å². The summed E-state index contributed by atoms with van der Waals surface area (Å²) in [6.45, 7) is 0. The van der Waals surface area contributed by atoms with Crippen molar-refractivity contribution in [2.75, 3.05) is 5.73 Å². The second kappa shape index (κ2) is 2.37. The summed E-state index contributed by atoms with van der Waals surface area (Å²) < 4.78 is 12.6. The molecule has 0 unspecified atom stereocenters. The Labute approximate surface area is 67.2 Å². The molecule has 2 N–H and O–H groups in total. The smallest absolute Gasteiger partial charge is 0.240 e. The molecule has 0 fully saturated rings. The summed E-state index contributed by atoms with van der Waals surface area (Å²) in [4.78, 5) is 3.85. The minimum absolute atomic E-state index is 0.0918. The lowest BCUT2D eigenvalue weighted by Gasteiger charge is -1.95. The monoisotopic (exact) mass is 164 g/mol. The number of hydrogen-bond acceptors (Lipinski definition) is 4. The zero-order valence-corrected chi connectivity index (χ0v) is 6.03. The summed E-state index contributed by atoms with van der Waals surface area (Å²) in [7, 11) is 0. The minimum atomic E-state index is -0.358. The lowest BCUT2D eigenvalue weighted by molar-refractivity contribution is 0.629. The third-order valence-corrected chi connectivity index (χ3v) is 1.43. The highest BCUT2D eigenvalue weighted by atomic mass is 19.1. The summed E-state index contributed by atoms with van der Waals surface area (Å²) in [5, 5.41) is 7.16. The molecule has 2 rings (SSSR count). The van der Waals surface area contributed by atoms with Crippen molar-refractivity contribution in [3.05, 3.63) is 24.0 Å². The second-order valence-corrected chi connectivity index (χ2v) is 2.30. The Bertz CT molecular complexity index is 387. The van der Waals surface area contributed by atoms with Gasteiger partial charge in [-0.2, -0.15) is 0 Å². The predicted octanol–water partition coefficient (Wildman–Crippen LogP) is 0.746. The molecule has 0 aliphatic carbocycles. The van der Waals surface area contributed by atoms with Gasteiger partial charge in [0.15, 0.2) is 0 Å². The van der Waals surface area contributed by atoms with E-state index in [1.54, 1.807) is 0 Å². The van der Waals surface area contributed by atoms with E-state index < -0.39 is 0 Å². The van der Waals surface area contributed by atoms with Crippen LogP contribution in [0.3, 0.4) is 0 Å². The number of nitrogen functional groups attached to an aromatic ring is 1. The zero-order valence-electron chi connectivity index (χ0n) is 6.03. The Morgan fingerprint density at radius 3 is 2.83 bits per heavy atom. The fourth-order valence-corrected chi connectivity index (χ4v) is 0.922. The number of rotatable bonds is 0. The Balaban J connectivity index is 2.79. The summed E-state index contributed by atoms with van der Waals surface area (Å²) >= 11 is 0. The molecule has 0 saturated heterocycles. The van der Waals surface area contributed by atoms with Crippen molar-refractivity contribution in [2.45, 2.75) is 0 Å². The van der Waals surface area contributed by atoms with E-state index in [9.17, 15) is 4.39 Å². The van der Waals surface area contributed by atoms with Crippen LogP contribution in [-0.2, 0) is 0 Å². The molecule has 0 amide bonds. The summed E-state index contributed by atoms with van der Waals surface area (Å²) in [6, 6.07) is 4.07. The first-order chi connectivity index (χ1) is 5.75. The fourth-order valence-electron chi connectivity index (χ4n) is 0.922. The Morgan fingerprint density at radius 1 is 1.17 bits per heavy atom. The van der Waals surface area contributed by atoms with E-state index in [4.69, 9.17) is 5.73 Å². The molecule has 12 heavy (non-hydrogen) atoms. The maximum Gasteiger partial charge on any atom is 0.240 e. The van der Waals surface area contributed by atoms with Crippen molar-refractivity contribution in [3.8, 4) is 0 Å². The Morgan fingerprint density at radius 2 is 2.00 bits per heavy atom. The molecule has 5 heteroatoms. The van der Waals surface area contributed by atoms with E-state index in [0.717, 1.165) is 0 Å². The maximum atomic E-state index is 12.6. The highest BCUT2D eigenvalue weighted by Crippen LogP contribution is 2.09. The number of benzene rings is 1. The van der Waals surface area contributed by atoms with Gasteiger partial charge in [-0.05, 0) is 12.1 Å². The van der Waals surface area contributed by atoms with Gasteiger partial charge in [-0.25, -0.2) is 9.37 Å². The van der Waals surface area contributed by atoms with Crippen molar-refractivity contribution in [1.29, 1.82) is 0 Å². The van der Waals surface area contributed by atoms with Crippen LogP contribution in [-0.4, -0.2) is 15.2 Å². The molecule has 0 radical (unpaired) electrons. The summed E-state index contributed by atoms with van der Waals surface area (Å²) in [5.41, 5.74) is 6.24. The molecule has 0 spiro atoms. The molecular weight excluding hydrogens is 159 g/mol. The van der Waals surface area contributed by atoms with Gasteiger partial charge >= 0.3 is 0 Å². The van der Waals surface area contributed by atoms with Gasteiger partial charge < -0.3 is 5.73 Å². The van der Waals surface area contributed by atoms with Crippen molar-refractivity contribution in [3.63, 3.8) is 0 Å². The van der Waals surface area contributed by atoms with E-state index in [1.165, 1.54) is 18.2 Å². The number of aromatic nitrogens is 3. The molecule has 1 heterocycles. The van der Waals surface area contributed by atoms with E-state index in [2.05, 4.69) is 15.2 Å². The van der Waals surface area contributed by atoms with Crippen LogP contribution < -0.4 is 5.73 Å². The fraction of sp³-hybridized carbons (Fsp3) is 0. The van der Waals surface area contributed by atoms with Crippen LogP contribution in [0.2, 0.25) is 0 Å². The summed E-state index contributed by atoms with van der Waals surface area (Å²) in [6.07, 6.45) is 0. The van der Waals surface area contributed by atoms with Gasteiger partial charge in [0.25, 0.3) is 0 Å². The van der Waals surface area contributed by atoms with Gasteiger partial charge in [0.05, 0.1) is 5.52 Å². The largest absolute Gasteiger partial charge is 0.366 e. The number of nitrogens with zero attached hydrogens (tertiary/aromatic N) is 3. The summed E-state index contributed by atoms with van der Waals surface area (Å²) in [5.74, 6) is -0.266. The average molecular weight is 164 g/mol. The van der Waals surface area contributed by atoms with Crippen LogP contribution in [0.15, 0.2) is 18.2 Å². The van der Waals surface area contributed by atoms with Crippen molar-refractivity contribution < 1.29 is 4.39 Å². The van der Waals surface area contributed by atoms with Crippen molar-refractivity contribution in [1.82, 2.24) is 15.2 Å². The maximum absolute atomic E-state index is 12.6. The Hall–Kier alpha value is -1.78. The van der Waals surface area contributed by atoms with E-state index in [1.807, 2.05) is 0 Å². The molecule has 2 aromatic rings. The quantitative estimate of drug-likeness (QED) is 0.623. The molecular formula is C7H5FN4. The van der Waals surface area contributed by atoms with Crippen molar-refractivity contribution in [2.24, 2.45) is 0 Å². The molecule has 60 valence electrons. The van der Waals surface area contributed by atoms with Gasteiger partial charge in [0.2, 0.25) is 5.95 Å². The molecule has 1 aromatic heterocycles. The molecule has 0 aliphatic heterocycles. The first-order valence-electron chi connectivity index (χ1n) is 3.31. The van der Waals surface area contributed by atoms with Crippen LogP contribution in [0, 0.1) is 5.82 Å². The van der Waals surface area contributed by atoms with Gasteiger partial charge in [-0.3, -0.25) is 0 Å². The number of hydrogen-bond donors (Lipinski definition) is 1. The van der Waals surface area contributed by atoms with Gasteiger partial charge in [0, 0.05) is 6.07 Å². The highest BCUT2D eigenvalue weighted by Gasteiger charge is 1.98. The molecule has 0 atom stereocenters. The number of nitrogens with two attached hydrogens (primary N) is 1. The molecule has 0 aliphatic rings. The first-order valence-corrected chi connectivity index (χ1v) is 3.31. The average Bonchev–Trinajstić information content (AvgIpc) is 2.05. The topological polar surface area (TPSA) is 64.7 Å². The van der Waals surface area contributed by atoms with Gasteiger partial charge in [-0.15, -0.1) is 10.2 Å². The van der Waals surface area contributed by atoms with Crippen LogP contribution in [0.1, 0.15) is 0 Å². The van der Waals surface area contributed by atoms with Crippen molar-refractivity contribution >= 4 is 17.0 Å². The van der Waals surface area contributed by atoms with Crippen LogP contribution in [0.25, 0.3) is 11.0 Å². The lowest BCUT2D eigenvalue weighted by Crippen LogP contribution is -1.97. The highest BCUT2D eigenvalue weighted by molar-refractivity contribution is 5.73. The zero-order chi connectivity index (χ0) is 8.55. The SMILES string of the molecule is Nc1nnc2cc(F)ccc2n1. The minimum Gasteiger partial charge on any atom is -0.366 e. The van der Waals surface area contributed by atoms with Crippen LogP contribution >= 0.6 is 0 Å². The third kappa shape index (κ3) is 1.05. The molecule has 1 aromatic carbocycles. The van der Waals surface area contributed by atoms with Crippen LogP contribution in [0.4, 0.5) is 10.3 Å². The van der Waals surface area contributed by atoms with Gasteiger partial charge in [0.1, 0.15) is 11.3 Å². The van der Waals surface area contributed by atoms with Crippen LogP contribution in [0.5, 0.6) is 0 Å². The normalized spacial score (nSPS) is 10.4. The number of halogens is 1. The third-order valence-electron chi connectivity index (χ3n) is 1.43. The lowest BCUT2D eigenvalue weighted by atomic mass is 10.3. The number of fused-ring (bicyclic) bond motifs is 1. The standard InChI is InChI=1S/C7H5FN4/c8-4-1-2-5-6(3-4)11-12-7(9)10-5/h1-3H,(H2,9,10,12).